The highest BCUT2D eigenvalue weighted by molar-refractivity contribution is 5.76. The molecule has 0 aromatic heterocycles. The average molecular weight is 413 g/mol. The van der Waals surface area contributed by atoms with Crippen LogP contribution in [-0.4, -0.2) is 18.4 Å². The molecule has 1 aliphatic carbocycles. The molecule has 3 nitrogen and oxygen atoms in total. The minimum atomic E-state index is -0.473. The maximum atomic E-state index is 13.2. The minimum absolute atomic E-state index is 0.0863. The fourth-order valence-corrected chi connectivity index (χ4v) is 4.02. The molecule has 0 spiro atoms. The molecule has 0 N–H and O–H groups in total. The van der Waals surface area contributed by atoms with Crippen molar-refractivity contribution in [1.29, 1.82) is 0 Å². The molecule has 0 amide bonds. The maximum Gasteiger partial charge on any atom is 0.314 e. The monoisotopic (exact) mass is 412 g/mol. The number of carbonyl (C=O) groups excluding carboxylic acids is 1. The predicted molar refractivity (Wildman–Crippen MR) is 125 cm³/mol. The van der Waals surface area contributed by atoms with Crippen molar-refractivity contribution in [3.8, 4) is 0 Å². The van der Waals surface area contributed by atoms with Crippen LogP contribution in [0.2, 0.25) is 0 Å². The van der Waals surface area contributed by atoms with Gasteiger partial charge in [-0.25, -0.2) is 0 Å². The molecule has 0 aliphatic heterocycles. The van der Waals surface area contributed by atoms with Gasteiger partial charge in [0, 0.05) is 5.41 Å². The Morgan fingerprint density at radius 2 is 1.45 bits per heavy atom. The van der Waals surface area contributed by atoms with E-state index in [4.69, 9.17) is 9.47 Å². The van der Waals surface area contributed by atoms with Crippen LogP contribution in [0.4, 0.5) is 0 Å². The molecule has 2 atom stereocenters. The Morgan fingerprint density at radius 3 is 1.86 bits per heavy atom. The molecule has 29 heavy (non-hydrogen) atoms. The van der Waals surface area contributed by atoms with Crippen molar-refractivity contribution in [2.45, 2.75) is 146 Å². The van der Waals surface area contributed by atoms with Crippen LogP contribution in [0, 0.1) is 16.2 Å². The third-order valence-electron chi connectivity index (χ3n) is 5.28. The molecule has 1 fully saturated rings. The van der Waals surface area contributed by atoms with Crippen LogP contribution >= 0.6 is 0 Å². The molecule has 0 bridgehead atoms. The number of unbranched alkanes of at least 4 members (excludes halogenated alkanes) is 1. The summed E-state index contributed by atoms with van der Waals surface area (Å²) >= 11 is 0. The molecule has 0 aromatic carbocycles. The van der Waals surface area contributed by atoms with E-state index >= 15 is 0 Å². The quantitative estimate of drug-likeness (QED) is 0.297. The average Bonchev–Trinajstić information content (AvgIpc) is 2.58. The summed E-state index contributed by atoms with van der Waals surface area (Å²) in [5.74, 6) is -0.0865. The maximum absolute atomic E-state index is 13.2. The lowest BCUT2D eigenvalue weighted by atomic mass is 9.72. The second kappa shape index (κ2) is 13.0. The van der Waals surface area contributed by atoms with E-state index in [1.807, 2.05) is 0 Å². The van der Waals surface area contributed by atoms with Crippen molar-refractivity contribution in [1.82, 2.24) is 0 Å². The lowest BCUT2D eigenvalue weighted by Crippen LogP contribution is -2.43. The van der Waals surface area contributed by atoms with Gasteiger partial charge in [0.1, 0.15) is 0 Å². The number of esters is 1. The van der Waals surface area contributed by atoms with E-state index in [0.717, 1.165) is 38.5 Å². The number of hydrogen-bond acceptors (Lipinski definition) is 3. The highest BCUT2D eigenvalue weighted by Gasteiger charge is 2.41. The third kappa shape index (κ3) is 12.0. The van der Waals surface area contributed by atoms with Gasteiger partial charge in [0.25, 0.3) is 0 Å². The molecule has 2 unspecified atom stereocenters. The Balaban J connectivity index is 0.00000245. The summed E-state index contributed by atoms with van der Waals surface area (Å²) in [5.41, 5.74) is -0.586. The van der Waals surface area contributed by atoms with Crippen LogP contribution in [0.5, 0.6) is 0 Å². The zero-order valence-corrected chi connectivity index (χ0v) is 21.5. The summed E-state index contributed by atoms with van der Waals surface area (Å²) < 4.78 is 12.4. The molecule has 0 aromatic rings. The SMILES string of the molecule is CCC.CCCCC(C)(CC(C)(C)C)C(=O)OC(OC1CCCCC1)C(C)(C)C. The summed E-state index contributed by atoms with van der Waals surface area (Å²) in [6.07, 6.45) is 10.7. The van der Waals surface area contributed by atoms with Gasteiger partial charge in [-0.3, -0.25) is 4.79 Å². The van der Waals surface area contributed by atoms with Gasteiger partial charge in [-0.2, -0.15) is 0 Å². The van der Waals surface area contributed by atoms with Crippen LogP contribution in [0.25, 0.3) is 0 Å². The first kappa shape index (κ1) is 28.4. The lowest BCUT2D eigenvalue weighted by molar-refractivity contribution is -0.230. The molecule has 1 saturated carbocycles. The molecule has 0 saturated heterocycles. The zero-order chi connectivity index (χ0) is 22.7. The largest absolute Gasteiger partial charge is 0.435 e. The van der Waals surface area contributed by atoms with Crippen molar-refractivity contribution in [3.63, 3.8) is 0 Å². The van der Waals surface area contributed by atoms with E-state index in [9.17, 15) is 4.79 Å². The molecule has 3 heteroatoms. The van der Waals surface area contributed by atoms with E-state index in [2.05, 4.69) is 69.2 Å². The van der Waals surface area contributed by atoms with Gasteiger partial charge in [0.15, 0.2) is 0 Å². The van der Waals surface area contributed by atoms with Gasteiger partial charge in [-0.05, 0) is 38.0 Å². The summed E-state index contributed by atoms with van der Waals surface area (Å²) in [4.78, 5) is 13.2. The minimum Gasteiger partial charge on any atom is -0.435 e. The van der Waals surface area contributed by atoms with E-state index in [1.165, 1.54) is 25.7 Å². The Kier molecular flexibility index (Phi) is 12.7. The summed E-state index contributed by atoms with van der Waals surface area (Å²) in [7, 11) is 0. The Labute approximate surface area is 182 Å². The fraction of sp³-hybridized carbons (Fsp3) is 0.962. The van der Waals surface area contributed by atoms with Crippen molar-refractivity contribution in [2.24, 2.45) is 16.2 Å². The molecule has 1 rings (SSSR count). The highest BCUT2D eigenvalue weighted by Crippen LogP contribution is 2.40. The van der Waals surface area contributed by atoms with Gasteiger partial charge < -0.3 is 9.47 Å². The van der Waals surface area contributed by atoms with Crippen LogP contribution in [0.3, 0.4) is 0 Å². The van der Waals surface area contributed by atoms with E-state index in [0.29, 0.717) is 0 Å². The summed E-state index contributed by atoms with van der Waals surface area (Å²) in [6, 6.07) is 0. The summed E-state index contributed by atoms with van der Waals surface area (Å²) in [6.45, 7) is 21.4. The lowest BCUT2D eigenvalue weighted by Gasteiger charge is -2.39. The van der Waals surface area contributed by atoms with Gasteiger partial charge >= 0.3 is 5.97 Å². The number of ether oxygens (including phenoxy) is 2. The van der Waals surface area contributed by atoms with Crippen molar-refractivity contribution < 1.29 is 14.3 Å². The van der Waals surface area contributed by atoms with Crippen LogP contribution in [0.1, 0.15) is 133 Å². The molecule has 0 heterocycles. The van der Waals surface area contributed by atoms with Gasteiger partial charge in [-0.1, -0.05) is 101 Å². The van der Waals surface area contributed by atoms with E-state index in [-0.39, 0.29) is 22.9 Å². The number of carbonyl (C=O) groups is 1. The molecular weight excluding hydrogens is 360 g/mol. The van der Waals surface area contributed by atoms with Crippen LogP contribution in [-0.2, 0) is 14.3 Å². The third-order valence-corrected chi connectivity index (χ3v) is 5.28. The van der Waals surface area contributed by atoms with E-state index in [1.54, 1.807) is 0 Å². The first-order chi connectivity index (χ1) is 13.3. The molecule has 0 radical (unpaired) electrons. The van der Waals surface area contributed by atoms with Crippen LogP contribution < -0.4 is 0 Å². The zero-order valence-electron chi connectivity index (χ0n) is 21.5. The standard InChI is InChI=1S/C23H44O3.C3H8/c1-9-10-16-23(8,17-21(2,3)4)19(24)26-20(22(5,6)7)25-18-14-12-11-13-15-18;1-3-2/h18,20H,9-17H2,1-8H3;3H2,1-2H3. The predicted octanol–water partition coefficient (Wildman–Crippen LogP) is 8.30. The molecule has 1 aliphatic rings. The fourth-order valence-electron chi connectivity index (χ4n) is 4.02. The smallest absolute Gasteiger partial charge is 0.314 e. The van der Waals surface area contributed by atoms with Gasteiger partial charge in [-0.15, -0.1) is 0 Å². The topological polar surface area (TPSA) is 35.5 Å². The van der Waals surface area contributed by atoms with Crippen molar-refractivity contribution >= 4 is 5.97 Å². The Morgan fingerprint density at radius 1 is 0.931 bits per heavy atom. The van der Waals surface area contributed by atoms with Crippen molar-refractivity contribution in [3.05, 3.63) is 0 Å². The molecule has 174 valence electrons. The second-order valence-electron chi connectivity index (χ2n) is 11.6. The van der Waals surface area contributed by atoms with Crippen molar-refractivity contribution in [2.75, 3.05) is 0 Å². The highest BCUT2D eigenvalue weighted by atomic mass is 16.7. The van der Waals surface area contributed by atoms with Gasteiger partial charge in [0.2, 0.25) is 6.29 Å². The Hall–Kier alpha value is -0.570. The second-order valence-corrected chi connectivity index (χ2v) is 11.6. The Bertz CT molecular complexity index is 438. The first-order valence-corrected chi connectivity index (χ1v) is 12.2. The first-order valence-electron chi connectivity index (χ1n) is 12.2. The normalized spacial score (nSPS) is 19.0. The molecular formula is C26H52O3. The van der Waals surface area contributed by atoms with E-state index < -0.39 is 11.7 Å². The summed E-state index contributed by atoms with van der Waals surface area (Å²) in [5, 5.41) is 0. The number of rotatable bonds is 8. The van der Waals surface area contributed by atoms with Crippen LogP contribution in [0.15, 0.2) is 0 Å². The number of hydrogen-bond donors (Lipinski definition) is 0. The van der Waals surface area contributed by atoms with Gasteiger partial charge in [0.05, 0.1) is 11.5 Å².